The van der Waals surface area contributed by atoms with E-state index in [2.05, 4.69) is 10.2 Å². The number of carbonyl (C=O) groups is 2. The fourth-order valence-electron chi connectivity index (χ4n) is 4.50. The van der Waals surface area contributed by atoms with Gasteiger partial charge in [0.1, 0.15) is 5.75 Å². The predicted octanol–water partition coefficient (Wildman–Crippen LogP) is 2.54. The molecule has 2 aliphatic heterocycles. The molecule has 3 rings (SSSR count). The average molecular weight is 467 g/mol. The van der Waals surface area contributed by atoms with E-state index in [4.69, 9.17) is 26.8 Å². The second kappa shape index (κ2) is 11.7. The average Bonchev–Trinajstić information content (AvgIpc) is 2.81. The molecule has 8 nitrogen and oxygen atoms in total. The number of amides is 2. The van der Waals surface area contributed by atoms with Gasteiger partial charge in [-0.05, 0) is 44.7 Å². The van der Waals surface area contributed by atoms with E-state index in [1.165, 1.54) is 19.6 Å². The predicted molar refractivity (Wildman–Crippen MR) is 125 cm³/mol. The zero-order valence-electron chi connectivity index (χ0n) is 19.1. The van der Waals surface area contributed by atoms with Crippen LogP contribution in [0.3, 0.4) is 0 Å². The monoisotopic (exact) mass is 466 g/mol. The van der Waals surface area contributed by atoms with Gasteiger partial charge >= 0.3 is 0 Å². The van der Waals surface area contributed by atoms with E-state index in [9.17, 15) is 9.59 Å². The number of ether oxygens (including phenoxy) is 2. The summed E-state index contributed by atoms with van der Waals surface area (Å²) in [6.07, 6.45) is 5.52. The first kappa shape index (κ1) is 24.6. The van der Waals surface area contributed by atoms with Crippen molar-refractivity contribution in [3.63, 3.8) is 0 Å². The summed E-state index contributed by atoms with van der Waals surface area (Å²) < 4.78 is 11.0. The third-order valence-corrected chi connectivity index (χ3v) is 6.73. The second-order valence-electron chi connectivity index (χ2n) is 8.56. The van der Waals surface area contributed by atoms with Gasteiger partial charge in [0.2, 0.25) is 5.91 Å². The van der Waals surface area contributed by atoms with Crippen LogP contribution in [-0.2, 0) is 9.53 Å². The molecule has 2 heterocycles. The van der Waals surface area contributed by atoms with Crippen LogP contribution in [0.4, 0.5) is 5.69 Å². The Morgan fingerprint density at radius 2 is 1.94 bits per heavy atom. The van der Waals surface area contributed by atoms with Crippen LogP contribution in [0.5, 0.6) is 5.75 Å². The molecule has 0 aliphatic carbocycles. The van der Waals surface area contributed by atoms with Gasteiger partial charge in [-0.15, -0.1) is 0 Å². The minimum Gasteiger partial charge on any atom is -0.496 e. The summed E-state index contributed by atoms with van der Waals surface area (Å²) in [5.74, 6) is 0.386. The number of nitrogen functional groups attached to an aromatic ring is 1. The van der Waals surface area contributed by atoms with Crippen LogP contribution in [0.1, 0.15) is 48.9 Å². The van der Waals surface area contributed by atoms with Gasteiger partial charge in [0.05, 0.1) is 35.5 Å². The highest BCUT2D eigenvalue weighted by Gasteiger charge is 2.31. The van der Waals surface area contributed by atoms with Crippen molar-refractivity contribution in [1.29, 1.82) is 0 Å². The molecule has 9 heteroatoms. The zero-order valence-corrected chi connectivity index (χ0v) is 19.8. The summed E-state index contributed by atoms with van der Waals surface area (Å²) in [7, 11) is 3.15. The van der Waals surface area contributed by atoms with Gasteiger partial charge < -0.3 is 30.3 Å². The molecule has 0 aromatic heterocycles. The van der Waals surface area contributed by atoms with Crippen LogP contribution >= 0.6 is 11.6 Å². The first-order valence-corrected chi connectivity index (χ1v) is 11.8. The van der Waals surface area contributed by atoms with Crippen LogP contribution in [0.2, 0.25) is 5.02 Å². The maximum absolute atomic E-state index is 12.9. The van der Waals surface area contributed by atoms with Gasteiger partial charge in [0.15, 0.2) is 0 Å². The highest BCUT2D eigenvalue weighted by Crippen LogP contribution is 2.29. The summed E-state index contributed by atoms with van der Waals surface area (Å²) in [5, 5.41) is 3.38. The van der Waals surface area contributed by atoms with E-state index in [0.717, 1.165) is 51.9 Å². The fourth-order valence-corrected chi connectivity index (χ4v) is 4.67. The Bertz CT molecular complexity index is 800. The maximum atomic E-state index is 12.9. The number of nitrogens with zero attached hydrogens (tertiary/aromatic N) is 2. The Balaban J connectivity index is 1.49. The molecule has 0 spiro atoms. The summed E-state index contributed by atoms with van der Waals surface area (Å²) in [6.45, 7) is 4.20. The number of piperidine rings is 2. The molecule has 1 aromatic rings. The lowest BCUT2D eigenvalue weighted by atomic mass is 10.0. The number of nitrogens with two attached hydrogens (primary N) is 1. The molecule has 2 atom stereocenters. The fraction of sp³-hybridized carbons (Fsp3) is 0.652. The van der Waals surface area contributed by atoms with E-state index in [1.54, 1.807) is 13.2 Å². The van der Waals surface area contributed by atoms with Crippen molar-refractivity contribution < 1.29 is 19.1 Å². The van der Waals surface area contributed by atoms with Crippen LogP contribution in [0, 0.1) is 0 Å². The topological polar surface area (TPSA) is 97.1 Å². The smallest absolute Gasteiger partial charge is 0.255 e. The van der Waals surface area contributed by atoms with Crippen molar-refractivity contribution >= 4 is 29.1 Å². The standard InChI is InChI=1S/C23H35ClN4O4/c1-31-20-14-18(25)17(24)13-16(20)23(30)26-19-8-12-27(15-21(19)32-2)9-6-7-22(29)28-10-4-3-5-11-28/h13-14,19,21H,3-12,15,25H2,1-2H3,(H,26,30)/t19-,21+/m1/s1. The van der Waals surface area contributed by atoms with Crippen molar-refractivity contribution in [2.75, 3.05) is 52.7 Å². The molecule has 0 radical (unpaired) electrons. The van der Waals surface area contributed by atoms with Gasteiger partial charge in [-0.1, -0.05) is 11.6 Å². The number of methoxy groups -OCH3 is 2. The number of anilines is 1. The maximum Gasteiger partial charge on any atom is 0.255 e. The molecular formula is C23H35ClN4O4. The Hall–Kier alpha value is -2.03. The Labute approximate surface area is 195 Å². The number of hydrogen-bond donors (Lipinski definition) is 2. The lowest BCUT2D eigenvalue weighted by molar-refractivity contribution is -0.132. The second-order valence-corrected chi connectivity index (χ2v) is 8.97. The molecule has 2 amide bonds. The van der Waals surface area contributed by atoms with E-state index in [-0.39, 0.29) is 24.0 Å². The molecule has 178 valence electrons. The molecule has 1 aromatic carbocycles. The van der Waals surface area contributed by atoms with Crippen molar-refractivity contribution in [3.05, 3.63) is 22.7 Å². The van der Waals surface area contributed by atoms with Crippen LogP contribution in [-0.4, -0.2) is 80.7 Å². The molecular weight excluding hydrogens is 432 g/mol. The van der Waals surface area contributed by atoms with Crippen LogP contribution in [0.25, 0.3) is 0 Å². The molecule has 2 saturated heterocycles. The number of likely N-dealkylation sites (tertiary alicyclic amines) is 2. The number of carbonyl (C=O) groups excluding carboxylic acids is 2. The Morgan fingerprint density at radius 1 is 1.19 bits per heavy atom. The van der Waals surface area contributed by atoms with Crippen molar-refractivity contribution in [2.24, 2.45) is 0 Å². The van der Waals surface area contributed by atoms with Gasteiger partial charge in [0.25, 0.3) is 5.91 Å². The lowest BCUT2D eigenvalue weighted by Gasteiger charge is -2.38. The molecule has 3 N–H and O–H groups in total. The SMILES string of the molecule is COc1cc(N)c(Cl)cc1C(=O)N[C@@H]1CCN(CCCC(=O)N2CCCCC2)C[C@@H]1OC. The Morgan fingerprint density at radius 3 is 2.62 bits per heavy atom. The first-order valence-electron chi connectivity index (χ1n) is 11.4. The van der Waals surface area contributed by atoms with E-state index < -0.39 is 0 Å². The van der Waals surface area contributed by atoms with E-state index >= 15 is 0 Å². The quantitative estimate of drug-likeness (QED) is 0.571. The van der Waals surface area contributed by atoms with Crippen LogP contribution < -0.4 is 15.8 Å². The number of rotatable bonds is 8. The molecule has 0 bridgehead atoms. The molecule has 0 unspecified atom stereocenters. The Kier molecular flexibility index (Phi) is 9.02. The van der Waals surface area contributed by atoms with Gasteiger partial charge in [-0.2, -0.15) is 0 Å². The number of halogens is 1. The lowest BCUT2D eigenvalue weighted by Crippen LogP contribution is -2.55. The molecule has 32 heavy (non-hydrogen) atoms. The van der Waals surface area contributed by atoms with Crippen molar-refractivity contribution in [3.8, 4) is 5.75 Å². The number of nitrogens with one attached hydrogen (secondary N) is 1. The largest absolute Gasteiger partial charge is 0.496 e. The molecule has 2 aliphatic rings. The molecule has 0 saturated carbocycles. The summed E-state index contributed by atoms with van der Waals surface area (Å²) in [4.78, 5) is 29.6. The first-order chi connectivity index (χ1) is 15.4. The zero-order chi connectivity index (χ0) is 23.1. The minimum absolute atomic E-state index is 0.125. The summed E-state index contributed by atoms with van der Waals surface area (Å²) in [6, 6.07) is 2.96. The van der Waals surface area contributed by atoms with Crippen LogP contribution in [0.15, 0.2) is 12.1 Å². The summed E-state index contributed by atoms with van der Waals surface area (Å²) in [5.41, 5.74) is 6.53. The number of hydrogen-bond acceptors (Lipinski definition) is 6. The van der Waals surface area contributed by atoms with E-state index in [0.29, 0.717) is 35.0 Å². The van der Waals surface area contributed by atoms with Crippen molar-refractivity contribution in [1.82, 2.24) is 15.1 Å². The highest BCUT2D eigenvalue weighted by molar-refractivity contribution is 6.33. The van der Waals surface area contributed by atoms with Gasteiger partial charge in [-0.3, -0.25) is 9.59 Å². The normalized spacial score (nSPS) is 21.9. The third kappa shape index (κ3) is 6.27. The third-order valence-electron chi connectivity index (χ3n) is 6.40. The molecule has 2 fully saturated rings. The number of benzene rings is 1. The van der Waals surface area contributed by atoms with Gasteiger partial charge in [-0.25, -0.2) is 0 Å². The van der Waals surface area contributed by atoms with E-state index in [1.807, 2.05) is 4.90 Å². The van der Waals surface area contributed by atoms with Crippen molar-refractivity contribution in [2.45, 2.75) is 50.7 Å². The minimum atomic E-state index is -0.267. The van der Waals surface area contributed by atoms with Gasteiger partial charge in [0, 0.05) is 45.8 Å². The highest BCUT2D eigenvalue weighted by atomic mass is 35.5. The summed E-state index contributed by atoms with van der Waals surface area (Å²) >= 11 is 6.11.